The summed E-state index contributed by atoms with van der Waals surface area (Å²) in [6.07, 6.45) is 4.90. The van der Waals surface area contributed by atoms with Gasteiger partial charge in [-0.25, -0.2) is 13.8 Å². The van der Waals surface area contributed by atoms with E-state index in [0.717, 1.165) is 48.4 Å². The quantitative estimate of drug-likeness (QED) is 0.532. The Kier molecular flexibility index (Phi) is 6.44. The van der Waals surface area contributed by atoms with Gasteiger partial charge in [0.05, 0.1) is 35.7 Å². The van der Waals surface area contributed by atoms with Crippen molar-refractivity contribution in [3.05, 3.63) is 42.4 Å². The number of nitrogens with zero attached hydrogens (tertiary/aromatic N) is 5. The smallest absolute Gasteiger partial charge is 0.249 e. The molecule has 0 radical (unpaired) electrons. The van der Waals surface area contributed by atoms with Gasteiger partial charge in [-0.2, -0.15) is 10.2 Å². The van der Waals surface area contributed by atoms with Gasteiger partial charge in [-0.3, -0.25) is 9.78 Å². The maximum absolute atomic E-state index is 13.1. The summed E-state index contributed by atoms with van der Waals surface area (Å²) in [5.41, 5.74) is 2.80. The fourth-order valence-electron chi connectivity index (χ4n) is 4.89. The van der Waals surface area contributed by atoms with Crippen molar-refractivity contribution < 1.29 is 13.6 Å². The third kappa shape index (κ3) is 5.45. The third-order valence-corrected chi connectivity index (χ3v) is 7.08. The van der Waals surface area contributed by atoms with E-state index in [4.69, 9.17) is 4.98 Å². The lowest BCUT2D eigenvalue weighted by Crippen LogP contribution is -2.42. The zero-order chi connectivity index (χ0) is 24.6. The van der Waals surface area contributed by atoms with E-state index < -0.39 is 11.8 Å². The molecule has 0 unspecified atom stereocenters. The Bertz CT molecular complexity index is 1220. The van der Waals surface area contributed by atoms with E-state index in [2.05, 4.69) is 39.2 Å². The van der Waals surface area contributed by atoms with Gasteiger partial charge in [0.15, 0.2) is 0 Å². The average Bonchev–Trinajstić information content (AvgIpc) is 2.82. The van der Waals surface area contributed by atoms with Crippen molar-refractivity contribution in [1.29, 1.82) is 0 Å². The van der Waals surface area contributed by atoms with Crippen LogP contribution in [-0.4, -0.2) is 61.9 Å². The molecule has 3 heterocycles. The first-order valence-electron chi connectivity index (χ1n) is 12.3. The molecule has 0 atom stereocenters. The molecule has 35 heavy (non-hydrogen) atoms. The molecule has 5 rings (SSSR count). The van der Waals surface area contributed by atoms with Crippen molar-refractivity contribution in [1.82, 2.24) is 25.1 Å². The van der Waals surface area contributed by atoms with E-state index in [1.807, 2.05) is 18.2 Å². The lowest BCUT2D eigenvalue weighted by atomic mass is 9.77. The highest BCUT2D eigenvalue weighted by Crippen LogP contribution is 2.43. The second-order valence-electron chi connectivity index (χ2n) is 10.1. The normalized spacial score (nSPS) is 19.1. The number of ketones is 1. The number of nitrogens with one attached hydrogen (secondary N) is 1. The number of hydrogen-bond donors (Lipinski definition) is 1. The van der Waals surface area contributed by atoms with Gasteiger partial charge in [0, 0.05) is 54.9 Å². The Hall–Kier alpha value is -3.07. The second-order valence-corrected chi connectivity index (χ2v) is 10.1. The monoisotopic (exact) mass is 480 g/mol. The van der Waals surface area contributed by atoms with Crippen molar-refractivity contribution >= 4 is 22.5 Å². The lowest BCUT2D eigenvalue weighted by molar-refractivity contribution is -0.147. The maximum atomic E-state index is 13.1. The van der Waals surface area contributed by atoms with Gasteiger partial charge in [0.25, 0.3) is 0 Å². The van der Waals surface area contributed by atoms with Crippen molar-refractivity contribution in [3.8, 4) is 11.3 Å². The second kappa shape index (κ2) is 9.53. The lowest BCUT2D eigenvalue weighted by Gasteiger charge is -2.35. The predicted molar refractivity (Wildman–Crippen MR) is 130 cm³/mol. The first kappa shape index (κ1) is 23.7. The van der Waals surface area contributed by atoms with Gasteiger partial charge in [-0.1, -0.05) is 6.07 Å². The zero-order valence-corrected chi connectivity index (χ0v) is 20.0. The fourth-order valence-corrected chi connectivity index (χ4v) is 4.89. The molecule has 1 saturated heterocycles. The number of Topliss-reactive ketones (excluding diaryl/α,β-unsaturated/α-hetero) is 1. The van der Waals surface area contributed by atoms with Crippen LogP contribution in [0, 0.1) is 5.92 Å². The van der Waals surface area contributed by atoms with E-state index in [1.165, 1.54) is 0 Å². The van der Waals surface area contributed by atoms with Crippen LogP contribution in [0.15, 0.2) is 36.7 Å². The minimum Gasteiger partial charge on any atom is -0.366 e. The number of halogens is 2. The van der Waals surface area contributed by atoms with Crippen LogP contribution in [0.2, 0.25) is 0 Å². The number of fused-ring (bicyclic) bond motifs is 1. The highest BCUT2D eigenvalue weighted by atomic mass is 19.3. The number of alkyl halides is 2. The summed E-state index contributed by atoms with van der Waals surface area (Å²) in [6.45, 7) is 6.60. The number of anilines is 1. The molecule has 2 fully saturated rings. The van der Waals surface area contributed by atoms with Crippen LogP contribution in [0.5, 0.6) is 0 Å². The molecule has 0 bridgehead atoms. The molecule has 3 aromatic rings. The highest BCUT2D eigenvalue weighted by molar-refractivity contribution is 5.87. The highest BCUT2D eigenvalue weighted by Gasteiger charge is 2.48. The summed E-state index contributed by atoms with van der Waals surface area (Å²) < 4.78 is 26.2. The van der Waals surface area contributed by atoms with Crippen LogP contribution in [0.3, 0.4) is 0 Å². The van der Waals surface area contributed by atoms with Crippen LogP contribution in [0.25, 0.3) is 22.2 Å². The maximum Gasteiger partial charge on any atom is 0.249 e. The Balaban J connectivity index is 1.28. The van der Waals surface area contributed by atoms with Gasteiger partial charge in [0.2, 0.25) is 5.92 Å². The number of likely N-dealkylation sites (tertiary alicyclic amines) is 1. The minimum atomic E-state index is -2.71. The molecular formula is C26H30F2N6O. The van der Waals surface area contributed by atoms with Gasteiger partial charge in [-0.15, -0.1) is 0 Å². The number of rotatable bonds is 7. The van der Waals surface area contributed by atoms with Gasteiger partial charge < -0.3 is 10.2 Å². The van der Waals surface area contributed by atoms with Gasteiger partial charge in [0.1, 0.15) is 11.6 Å². The van der Waals surface area contributed by atoms with E-state index in [0.29, 0.717) is 23.3 Å². The van der Waals surface area contributed by atoms with Crippen molar-refractivity contribution in [3.63, 3.8) is 0 Å². The number of carbonyl (C=O) groups excluding carboxylic acids is 1. The summed E-state index contributed by atoms with van der Waals surface area (Å²) >= 11 is 0. The van der Waals surface area contributed by atoms with Crippen LogP contribution in [0.4, 0.5) is 14.6 Å². The molecule has 184 valence electrons. The number of benzene rings is 1. The summed E-state index contributed by atoms with van der Waals surface area (Å²) in [4.78, 5) is 24.0. The molecule has 0 amide bonds. The number of carbonyl (C=O) groups is 1. The predicted octanol–water partition coefficient (Wildman–Crippen LogP) is 4.53. The van der Waals surface area contributed by atoms with Crippen LogP contribution in [0.1, 0.15) is 45.2 Å². The largest absolute Gasteiger partial charge is 0.366 e. The topological polar surface area (TPSA) is 83.9 Å². The number of aromatic nitrogens is 4. The zero-order valence-electron chi connectivity index (χ0n) is 20.0. The molecule has 7 nitrogen and oxygen atoms in total. The first-order valence-corrected chi connectivity index (χ1v) is 12.3. The van der Waals surface area contributed by atoms with Gasteiger partial charge >= 0.3 is 0 Å². The van der Waals surface area contributed by atoms with Gasteiger partial charge in [-0.05, 0) is 44.9 Å². The van der Waals surface area contributed by atoms with E-state index in [9.17, 15) is 13.6 Å². The average molecular weight is 481 g/mol. The molecule has 1 aromatic carbocycles. The van der Waals surface area contributed by atoms with E-state index in [1.54, 1.807) is 18.5 Å². The Morgan fingerprint density at radius 3 is 2.63 bits per heavy atom. The molecule has 2 aromatic heterocycles. The van der Waals surface area contributed by atoms with Crippen molar-refractivity contribution in [2.45, 2.75) is 64.0 Å². The summed E-state index contributed by atoms with van der Waals surface area (Å²) in [5.74, 6) is -2.75. The molecule has 2 aliphatic rings. The van der Waals surface area contributed by atoms with E-state index >= 15 is 0 Å². The van der Waals surface area contributed by atoms with Crippen LogP contribution in [-0.2, 0) is 11.2 Å². The van der Waals surface area contributed by atoms with Crippen molar-refractivity contribution in [2.75, 3.05) is 18.4 Å². The van der Waals surface area contributed by atoms with Crippen molar-refractivity contribution in [2.24, 2.45) is 5.92 Å². The Morgan fingerprint density at radius 1 is 1.14 bits per heavy atom. The molecular weight excluding hydrogens is 450 g/mol. The SMILES string of the molecule is CC(C)N1CCC(Nc2cncc(-c3ccc4nnc(CC(=O)C5CC(F)(F)C5)cc4c3)n2)CC1. The van der Waals surface area contributed by atoms with Crippen LogP contribution < -0.4 is 5.32 Å². The standard InChI is InChI=1S/C26H30F2N6O/c1-16(2)34-7-5-20(6-8-34)30-25-15-29-14-23(31-25)17-3-4-22-18(9-17)10-21(32-33-22)11-24(35)19-12-26(27,28)13-19/h3-4,9-10,14-16,19-20H,5-8,11-13H2,1-2H3,(H,30,31). The minimum absolute atomic E-state index is 0.0166. The Labute approximate surface area is 203 Å². The molecule has 1 saturated carbocycles. The molecule has 9 heteroatoms. The fraction of sp³-hybridized carbons (Fsp3) is 0.500. The molecule has 0 spiro atoms. The number of hydrogen-bond acceptors (Lipinski definition) is 7. The number of piperidine rings is 1. The molecule has 1 N–H and O–H groups in total. The summed E-state index contributed by atoms with van der Waals surface area (Å²) in [6, 6.07) is 8.48. The molecule has 1 aliphatic heterocycles. The van der Waals surface area contributed by atoms with E-state index in [-0.39, 0.29) is 25.0 Å². The molecule has 1 aliphatic carbocycles. The Morgan fingerprint density at radius 2 is 1.91 bits per heavy atom. The summed E-state index contributed by atoms with van der Waals surface area (Å²) in [5, 5.41) is 12.7. The third-order valence-electron chi connectivity index (χ3n) is 7.08. The van der Waals surface area contributed by atoms with Crippen LogP contribution >= 0.6 is 0 Å². The summed E-state index contributed by atoms with van der Waals surface area (Å²) in [7, 11) is 0. The first-order chi connectivity index (χ1) is 16.8.